The standard InChI is InChI=1S/C14H22N2O/c1-11(13-5-3-4-6-13)15-9-12-7-8-14(17-2)16-10-12/h7-8,10-11,13,15H,3-6,9H2,1-2H3/t11-/m1/s1. The molecule has 1 aliphatic rings. The van der Waals surface area contributed by atoms with Crippen LogP contribution in [-0.2, 0) is 6.54 Å². The fraction of sp³-hybridized carbons (Fsp3) is 0.643. The second-order valence-corrected chi connectivity index (χ2v) is 4.92. The van der Waals surface area contributed by atoms with Gasteiger partial charge < -0.3 is 10.1 Å². The van der Waals surface area contributed by atoms with Gasteiger partial charge in [0.2, 0.25) is 5.88 Å². The fourth-order valence-electron chi connectivity index (χ4n) is 2.54. The van der Waals surface area contributed by atoms with Crippen LogP contribution in [0.3, 0.4) is 0 Å². The lowest BCUT2D eigenvalue weighted by Crippen LogP contribution is -2.31. The summed E-state index contributed by atoms with van der Waals surface area (Å²) in [6.45, 7) is 3.20. The molecule has 0 aromatic carbocycles. The number of methoxy groups -OCH3 is 1. The summed E-state index contributed by atoms with van der Waals surface area (Å²) < 4.78 is 5.04. The average Bonchev–Trinajstić information content (AvgIpc) is 2.90. The highest BCUT2D eigenvalue weighted by molar-refractivity contribution is 5.17. The van der Waals surface area contributed by atoms with Crippen molar-refractivity contribution in [3.05, 3.63) is 23.9 Å². The van der Waals surface area contributed by atoms with E-state index in [4.69, 9.17) is 4.74 Å². The maximum atomic E-state index is 5.04. The van der Waals surface area contributed by atoms with Crippen molar-refractivity contribution >= 4 is 0 Å². The molecular formula is C14H22N2O. The highest BCUT2D eigenvalue weighted by Gasteiger charge is 2.20. The van der Waals surface area contributed by atoms with E-state index in [1.54, 1.807) is 7.11 Å². The van der Waals surface area contributed by atoms with Crippen molar-refractivity contribution in [2.24, 2.45) is 5.92 Å². The second-order valence-electron chi connectivity index (χ2n) is 4.92. The van der Waals surface area contributed by atoms with Gasteiger partial charge in [0.15, 0.2) is 0 Å². The molecule has 0 bridgehead atoms. The molecule has 0 saturated heterocycles. The van der Waals surface area contributed by atoms with E-state index >= 15 is 0 Å². The van der Waals surface area contributed by atoms with Crippen molar-refractivity contribution in [1.82, 2.24) is 10.3 Å². The molecule has 2 rings (SSSR count). The molecule has 3 heteroatoms. The van der Waals surface area contributed by atoms with Crippen molar-refractivity contribution < 1.29 is 4.74 Å². The van der Waals surface area contributed by atoms with E-state index in [1.165, 1.54) is 31.2 Å². The number of nitrogens with one attached hydrogen (secondary N) is 1. The third-order valence-corrected chi connectivity index (χ3v) is 3.74. The summed E-state index contributed by atoms with van der Waals surface area (Å²) in [6, 6.07) is 4.59. The third kappa shape index (κ3) is 3.43. The molecule has 0 unspecified atom stereocenters. The number of nitrogens with zero attached hydrogens (tertiary/aromatic N) is 1. The minimum absolute atomic E-state index is 0.611. The van der Waals surface area contributed by atoms with Gasteiger partial charge in [-0.1, -0.05) is 18.9 Å². The lowest BCUT2D eigenvalue weighted by Gasteiger charge is -2.20. The molecule has 1 aromatic heterocycles. The number of hydrogen-bond donors (Lipinski definition) is 1. The van der Waals surface area contributed by atoms with Crippen LogP contribution in [0.1, 0.15) is 38.2 Å². The van der Waals surface area contributed by atoms with Crippen LogP contribution in [0.25, 0.3) is 0 Å². The van der Waals surface area contributed by atoms with Gasteiger partial charge in [0.05, 0.1) is 7.11 Å². The number of rotatable bonds is 5. The molecule has 0 radical (unpaired) electrons. The Morgan fingerprint density at radius 3 is 2.76 bits per heavy atom. The molecule has 0 aliphatic heterocycles. The summed E-state index contributed by atoms with van der Waals surface area (Å²) in [4.78, 5) is 4.21. The van der Waals surface area contributed by atoms with Crippen LogP contribution in [0.15, 0.2) is 18.3 Å². The Kier molecular flexibility index (Phi) is 4.37. The van der Waals surface area contributed by atoms with E-state index in [9.17, 15) is 0 Å². The van der Waals surface area contributed by atoms with Gasteiger partial charge in [-0.2, -0.15) is 0 Å². The summed E-state index contributed by atoms with van der Waals surface area (Å²) in [6.07, 6.45) is 7.46. The number of pyridine rings is 1. The largest absolute Gasteiger partial charge is 0.481 e. The van der Waals surface area contributed by atoms with Crippen LogP contribution >= 0.6 is 0 Å². The minimum atomic E-state index is 0.611. The normalized spacial score (nSPS) is 18.2. The van der Waals surface area contributed by atoms with E-state index in [1.807, 2.05) is 12.3 Å². The molecule has 94 valence electrons. The first-order valence-corrected chi connectivity index (χ1v) is 6.52. The fourth-order valence-corrected chi connectivity index (χ4v) is 2.54. The van der Waals surface area contributed by atoms with Crippen molar-refractivity contribution in [2.75, 3.05) is 7.11 Å². The maximum absolute atomic E-state index is 5.04. The molecule has 1 atom stereocenters. The molecule has 1 fully saturated rings. The summed E-state index contributed by atoms with van der Waals surface area (Å²) in [5.74, 6) is 1.54. The quantitative estimate of drug-likeness (QED) is 0.850. The Morgan fingerprint density at radius 2 is 2.18 bits per heavy atom. The van der Waals surface area contributed by atoms with Crippen LogP contribution in [0.2, 0.25) is 0 Å². The van der Waals surface area contributed by atoms with Gasteiger partial charge in [0, 0.05) is 24.8 Å². The van der Waals surface area contributed by atoms with E-state index in [0.29, 0.717) is 11.9 Å². The zero-order valence-corrected chi connectivity index (χ0v) is 10.8. The van der Waals surface area contributed by atoms with Crippen molar-refractivity contribution in [3.8, 4) is 5.88 Å². The molecule has 1 aromatic rings. The summed E-state index contributed by atoms with van der Waals surface area (Å²) in [7, 11) is 1.64. The van der Waals surface area contributed by atoms with Gasteiger partial charge in [-0.05, 0) is 31.2 Å². The first-order chi connectivity index (χ1) is 8.29. The first-order valence-electron chi connectivity index (χ1n) is 6.52. The third-order valence-electron chi connectivity index (χ3n) is 3.74. The van der Waals surface area contributed by atoms with E-state index in [2.05, 4.69) is 23.3 Å². The van der Waals surface area contributed by atoms with Crippen molar-refractivity contribution in [2.45, 2.75) is 45.2 Å². The smallest absolute Gasteiger partial charge is 0.212 e. The SMILES string of the molecule is COc1ccc(CN[C@H](C)C2CCCC2)cn1. The van der Waals surface area contributed by atoms with Crippen molar-refractivity contribution in [3.63, 3.8) is 0 Å². The highest BCUT2D eigenvalue weighted by Crippen LogP contribution is 2.27. The molecule has 1 saturated carbocycles. The molecule has 3 nitrogen and oxygen atoms in total. The van der Waals surface area contributed by atoms with Gasteiger partial charge in [-0.15, -0.1) is 0 Å². The number of hydrogen-bond acceptors (Lipinski definition) is 3. The Morgan fingerprint density at radius 1 is 1.41 bits per heavy atom. The molecule has 0 spiro atoms. The van der Waals surface area contributed by atoms with Crippen LogP contribution in [0.4, 0.5) is 0 Å². The van der Waals surface area contributed by atoms with Gasteiger partial charge in [-0.3, -0.25) is 0 Å². The molecule has 1 aliphatic carbocycles. The zero-order chi connectivity index (χ0) is 12.1. The lowest BCUT2D eigenvalue weighted by molar-refractivity contribution is 0.379. The predicted molar refractivity (Wildman–Crippen MR) is 69.0 cm³/mol. The second kappa shape index (κ2) is 6.01. The molecule has 17 heavy (non-hydrogen) atoms. The monoisotopic (exact) mass is 234 g/mol. The Bertz CT molecular complexity index is 331. The van der Waals surface area contributed by atoms with Crippen LogP contribution in [0.5, 0.6) is 5.88 Å². The molecule has 1 N–H and O–H groups in total. The van der Waals surface area contributed by atoms with E-state index < -0.39 is 0 Å². The maximum Gasteiger partial charge on any atom is 0.212 e. The summed E-state index contributed by atoms with van der Waals surface area (Å²) >= 11 is 0. The van der Waals surface area contributed by atoms with Gasteiger partial charge >= 0.3 is 0 Å². The van der Waals surface area contributed by atoms with Gasteiger partial charge in [0.1, 0.15) is 0 Å². The van der Waals surface area contributed by atoms with E-state index in [-0.39, 0.29) is 0 Å². The topological polar surface area (TPSA) is 34.1 Å². The Balaban J connectivity index is 1.80. The minimum Gasteiger partial charge on any atom is -0.481 e. The number of aromatic nitrogens is 1. The summed E-state index contributed by atoms with van der Waals surface area (Å²) in [5, 5.41) is 3.60. The predicted octanol–water partition coefficient (Wildman–Crippen LogP) is 2.76. The molecular weight excluding hydrogens is 212 g/mol. The van der Waals surface area contributed by atoms with Gasteiger partial charge in [0.25, 0.3) is 0 Å². The highest BCUT2D eigenvalue weighted by atomic mass is 16.5. The lowest BCUT2D eigenvalue weighted by atomic mass is 10.00. The van der Waals surface area contributed by atoms with Crippen LogP contribution in [-0.4, -0.2) is 18.1 Å². The van der Waals surface area contributed by atoms with Gasteiger partial charge in [-0.25, -0.2) is 4.98 Å². The Labute approximate surface area is 104 Å². The van der Waals surface area contributed by atoms with Crippen LogP contribution in [0, 0.1) is 5.92 Å². The first kappa shape index (κ1) is 12.4. The average molecular weight is 234 g/mol. The molecule has 0 amide bonds. The molecule has 1 heterocycles. The van der Waals surface area contributed by atoms with Crippen molar-refractivity contribution in [1.29, 1.82) is 0 Å². The Hall–Kier alpha value is -1.09. The zero-order valence-electron chi connectivity index (χ0n) is 10.8. The van der Waals surface area contributed by atoms with E-state index in [0.717, 1.165) is 12.5 Å². The number of ether oxygens (including phenoxy) is 1. The van der Waals surface area contributed by atoms with Crippen LogP contribution < -0.4 is 10.1 Å². The summed E-state index contributed by atoms with van der Waals surface area (Å²) in [5.41, 5.74) is 1.22.